The maximum Gasteiger partial charge on any atom is 0.251 e. The molecule has 0 spiro atoms. The first kappa shape index (κ1) is 37.4. The second kappa shape index (κ2) is 15.9. The van der Waals surface area contributed by atoms with E-state index in [1.165, 1.54) is 5.56 Å². The van der Waals surface area contributed by atoms with Crippen LogP contribution in [0.1, 0.15) is 79.8 Å². The summed E-state index contributed by atoms with van der Waals surface area (Å²) in [6.45, 7) is 6.61. The molecule has 3 fully saturated rings. The van der Waals surface area contributed by atoms with Gasteiger partial charge in [0.15, 0.2) is 0 Å². The molecule has 12 heteroatoms. The van der Waals surface area contributed by atoms with Crippen molar-refractivity contribution < 1.29 is 27.5 Å². The molecule has 0 saturated carbocycles. The number of nitrogens with one attached hydrogen (secondary N) is 3. The number of halogens is 3. The molecule has 3 aromatic carbocycles. The van der Waals surface area contributed by atoms with E-state index in [1.807, 2.05) is 30.0 Å². The highest BCUT2D eigenvalue weighted by Gasteiger charge is 2.39. The van der Waals surface area contributed by atoms with Crippen LogP contribution in [-0.4, -0.2) is 91.5 Å². The summed E-state index contributed by atoms with van der Waals surface area (Å²) in [6, 6.07) is 18.7. The first-order valence-corrected chi connectivity index (χ1v) is 19.8. The minimum atomic E-state index is -2.45. The van der Waals surface area contributed by atoms with E-state index in [4.69, 9.17) is 4.74 Å². The number of aromatic nitrogens is 1. The highest BCUT2D eigenvalue weighted by molar-refractivity contribution is 6.01. The number of fused-ring (bicyclic) bond motifs is 3. The Kier molecular flexibility index (Phi) is 10.8. The van der Waals surface area contributed by atoms with Gasteiger partial charge in [0, 0.05) is 66.0 Å². The molecule has 4 aliphatic rings. The Labute approximate surface area is 320 Å². The lowest BCUT2D eigenvalue weighted by Gasteiger charge is -2.41. The van der Waals surface area contributed by atoms with Crippen LogP contribution in [-0.2, 0) is 16.0 Å². The molecule has 4 aromatic rings. The lowest BCUT2D eigenvalue weighted by molar-refractivity contribution is -0.133. The third-order valence-electron chi connectivity index (χ3n) is 12.5. The predicted molar refractivity (Wildman–Crippen MR) is 209 cm³/mol. The highest BCUT2D eigenvalue weighted by Crippen LogP contribution is 2.45. The van der Waals surface area contributed by atoms with Crippen molar-refractivity contribution >= 4 is 34.1 Å². The number of likely N-dealkylation sites (tertiary alicyclic amines) is 1. The van der Waals surface area contributed by atoms with Crippen molar-refractivity contribution in [1.82, 2.24) is 20.1 Å². The van der Waals surface area contributed by atoms with Crippen molar-refractivity contribution in [1.29, 1.82) is 0 Å². The first-order chi connectivity index (χ1) is 26.6. The van der Waals surface area contributed by atoms with Crippen LogP contribution in [0, 0.1) is 11.7 Å². The molecule has 0 unspecified atom stereocenters. The molecule has 292 valence electrons. The molecule has 0 radical (unpaired) electrons. The number of para-hydroxylation sites is 1. The average Bonchev–Trinajstić information content (AvgIpc) is 3.55. The number of amides is 2. The van der Waals surface area contributed by atoms with Gasteiger partial charge in [0.1, 0.15) is 17.6 Å². The Hall–Kier alpha value is -4.55. The second-order valence-corrected chi connectivity index (χ2v) is 15.9. The summed E-state index contributed by atoms with van der Waals surface area (Å²) in [6.07, 6.45) is 2.95. The van der Waals surface area contributed by atoms with Crippen molar-refractivity contribution in [3.05, 3.63) is 88.9 Å². The molecular weight excluding hydrogens is 706 g/mol. The third-order valence-corrected chi connectivity index (χ3v) is 12.5. The Bertz CT molecular complexity index is 2020. The number of nitrogens with zero attached hydrogens (tertiary/aromatic N) is 3. The molecular formula is C43H51F3N6O3. The monoisotopic (exact) mass is 756 g/mol. The van der Waals surface area contributed by atoms with Crippen molar-refractivity contribution in [2.45, 2.75) is 82.3 Å². The Morgan fingerprint density at radius 2 is 1.73 bits per heavy atom. The molecule has 1 aromatic heterocycles. The number of carbonyl (C=O) groups excluding carboxylic acids is 2. The number of benzene rings is 3. The van der Waals surface area contributed by atoms with E-state index in [1.54, 1.807) is 19.2 Å². The fourth-order valence-corrected chi connectivity index (χ4v) is 9.52. The van der Waals surface area contributed by atoms with Gasteiger partial charge < -0.3 is 24.8 Å². The number of ether oxygens (including phenoxy) is 1. The summed E-state index contributed by atoms with van der Waals surface area (Å²) in [5.74, 6) is 0.520. The number of methoxy groups -OCH3 is 1. The quantitative estimate of drug-likeness (QED) is 0.147. The van der Waals surface area contributed by atoms with E-state index in [2.05, 4.69) is 55.7 Å². The zero-order valence-electron chi connectivity index (χ0n) is 31.6. The summed E-state index contributed by atoms with van der Waals surface area (Å²) in [4.78, 5) is 34.1. The molecule has 3 atom stereocenters. The maximum atomic E-state index is 15.1. The zero-order chi connectivity index (χ0) is 38.2. The SMILES string of the molecule is COc1cc(N2CCC(CN3CCC(c4ccc(N[C@H]5CCC(=O)NC5=O)c(F)c4)CC3)CC2)ccc1[C@@H]1c2[nH]c3ccccc3c2C[C@@H](C)N1CC(F)F. The molecule has 4 aliphatic heterocycles. The van der Waals surface area contributed by atoms with Crippen molar-refractivity contribution in [2.75, 3.05) is 56.6 Å². The Morgan fingerprint density at radius 1 is 0.945 bits per heavy atom. The molecule has 5 heterocycles. The van der Waals surface area contributed by atoms with E-state index >= 15 is 4.39 Å². The van der Waals surface area contributed by atoms with E-state index in [9.17, 15) is 18.4 Å². The van der Waals surface area contributed by atoms with Crippen LogP contribution in [0.25, 0.3) is 10.9 Å². The van der Waals surface area contributed by atoms with Gasteiger partial charge in [-0.2, -0.15) is 0 Å². The van der Waals surface area contributed by atoms with E-state index in [0.29, 0.717) is 24.5 Å². The normalized spacial score (nSPS) is 23.3. The smallest absolute Gasteiger partial charge is 0.251 e. The lowest BCUT2D eigenvalue weighted by atomic mass is 9.87. The standard InChI is InChI=1S/C43H51F3N6O3/c1-26-21-33-31-5-3-4-6-35(31)48-41(33)42(52(26)25-39(45)46)32-9-8-30(23-38(32)55-2)51-19-13-27(14-20-51)24-50-17-15-28(16-18-50)29-7-10-36(34(44)22-29)47-37-11-12-40(53)49-43(37)54/h3-10,22-23,26-28,37,39,42,47-48H,11-21,24-25H2,1-2H3,(H,49,53,54)/t26-,37+,42-/m1/s1. The summed E-state index contributed by atoms with van der Waals surface area (Å²) >= 11 is 0. The van der Waals surface area contributed by atoms with Gasteiger partial charge in [-0.1, -0.05) is 30.3 Å². The molecule has 55 heavy (non-hydrogen) atoms. The number of piperidine rings is 3. The molecule has 0 aliphatic carbocycles. The van der Waals surface area contributed by atoms with E-state index in [-0.39, 0.29) is 48.4 Å². The highest BCUT2D eigenvalue weighted by atomic mass is 19.3. The van der Waals surface area contributed by atoms with Gasteiger partial charge in [-0.05, 0) is 106 Å². The number of anilines is 2. The average molecular weight is 757 g/mol. The van der Waals surface area contributed by atoms with Crippen LogP contribution in [0.4, 0.5) is 24.5 Å². The molecule has 2 amide bonds. The fraction of sp³-hybridized carbons (Fsp3) is 0.488. The molecule has 3 saturated heterocycles. The van der Waals surface area contributed by atoms with Crippen LogP contribution in [0.2, 0.25) is 0 Å². The minimum Gasteiger partial charge on any atom is -0.496 e. The van der Waals surface area contributed by atoms with Gasteiger partial charge in [-0.15, -0.1) is 0 Å². The number of rotatable bonds is 10. The summed E-state index contributed by atoms with van der Waals surface area (Å²) < 4.78 is 49.1. The Balaban J connectivity index is 0.872. The second-order valence-electron chi connectivity index (χ2n) is 15.9. The summed E-state index contributed by atoms with van der Waals surface area (Å²) in [5, 5.41) is 6.43. The minimum absolute atomic E-state index is 0.0643. The summed E-state index contributed by atoms with van der Waals surface area (Å²) in [7, 11) is 1.67. The molecule has 8 rings (SSSR count). The van der Waals surface area contributed by atoms with Crippen molar-refractivity contribution in [3.63, 3.8) is 0 Å². The van der Waals surface area contributed by atoms with Crippen molar-refractivity contribution in [2.24, 2.45) is 5.92 Å². The van der Waals surface area contributed by atoms with E-state index in [0.717, 1.165) is 91.8 Å². The predicted octanol–water partition coefficient (Wildman–Crippen LogP) is 7.23. The number of imide groups is 1. The molecule has 9 nitrogen and oxygen atoms in total. The van der Waals surface area contributed by atoms with Crippen LogP contribution in [0.5, 0.6) is 5.75 Å². The topological polar surface area (TPSA) is 92.9 Å². The summed E-state index contributed by atoms with van der Waals surface area (Å²) in [5.41, 5.74) is 6.45. The zero-order valence-corrected chi connectivity index (χ0v) is 31.6. The number of hydrogen-bond acceptors (Lipinski definition) is 7. The first-order valence-electron chi connectivity index (χ1n) is 19.8. The van der Waals surface area contributed by atoms with Crippen LogP contribution < -0.4 is 20.3 Å². The van der Waals surface area contributed by atoms with Gasteiger partial charge in [-0.3, -0.25) is 19.8 Å². The number of alkyl halides is 2. The Morgan fingerprint density at radius 3 is 2.45 bits per heavy atom. The lowest BCUT2D eigenvalue weighted by Crippen LogP contribution is -2.47. The molecule has 0 bridgehead atoms. The van der Waals surface area contributed by atoms with Crippen LogP contribution in [0.15, 0.2) is 60.7 Å². The number of carbonyl (C=O) groups is 2. The molecule has 3 N–H and O–H groups in total. The van der Waals surface area contributed by atoms with Crippen molar-refractivity contribution in [3.8, 4) is 5.75 Å². The third kappa shape index (κ3) is 7.80. The maximum absolute atomic E-state index is 15.1. The van der Waals surface area contributed by atoms with Gasteiger partial charge >= 0.3 is 0 Å². The number of H-pyrrole nitrogens is 1. The number of hydrogen-bond donors (Lipinski definition) is 3. The van der Waals surface area contributed by atoms with Crippen LogP contribution in [0.3, 0.4) is 0 Å². The fourth-order valence-electron chi connectivity index (χ4n) is 9.52. The number of aromatic amines is 1. The van der Waals surface area contributed by atoms with Gasteiger partial charge in [0.2, 0.25) is 11.8 Å². The van der Waals surface area contributed by atoms with Crippen LogP contribution >= 0.6 is 0 Å². The van der Waals surface area contributed by atoms with Gasteiger partial charge in [0.25, 0.3) is 6.43 Å². The van der Waals surface area contributed by atoms with Gasteiger partial charge in [0.05, 0.1) is 25.4 Å². The largest absolute Gasteiger partial charge is 0.496 e. The van der Waals surface area contributed by atoms with E-state index < -0.39 is 18.4 Å². The van der Waals surface area contributed by atoms with Gasteiger partial charge in [-0.25, -0.2) is 13.2 Å².